The first-order valence-corrected chi connectivity index (χ1v) is 7.16. The fraction of sp³-hybridized carbons (Fsp3) is 0.438. The highest BCUT2D eigenvalue weighted by Crippen LogP contribution is 2.15. The van der Waals surface area contributed by atoms with Crippen LogP contribution < -0.4 is 5.43 Å². The third-order valence-electron chi connectivity index (χ3n) is 3.76. The fourth-order valence-electron chi connectivity index (χ4n) is 2.64. The zero-order chi connectivity index (χ0) is 13.1. The molecule has 2 aromatic rings. The van der Waals surface area contributed by atoms with E-state index in [0.29, 0.717) is 0 Å². The fourth-order valence-corrected chi connectivity index (χ4v) is 2.64. The Labute approximate surface area is 114 Å². The minimum absolute atomic E-state index is 0.907. The third-order valence-corrected chi connectivity index (χ3v) is 3.76. The molecule has 0 radical (unpaired) electrons. The molecule has 0 amide bonds. The number of aromatic nitrogens is 1. The highest BCUT2D eigenvalue weighted by atomic mass is 15.5. The standard InChI is InChI=1S/C16H21N3/c1-13-5-7-15-11-14(6-8-16(15)18-13)12-17-19-9-3-2-4-10-19/h5-8,11,17H,2-4,9-10,12H2,1H3. The molecule has 1 aliphatic heterocycles. The SMILES string of the molecule is Cc1ccc2cc(CNN3CCCCC3)ccc2n1. The van der Waals surface area contributed by atoms with Crippen LogP contribution >= 0.6 is 0 Å². The summed E-state index contributed by atoms with van der Waals surface area (Å²) >= 11 is 0. The molecule has 0 aliphatic carbocycles. The van der Waals surface area contributed by atoms with Crippen LogP contribution in [-0.4, -0.2) is 23.1 Å². The molecule has 3 nitrogen and oxygen atoms in total. The van der Waals surface area contributed by atoms with E-state index < -0.39 is 0 Å². The maximum atomic E-state index is 4.54. The summed E-state index contributed by atoms with van der Waals surface area (Å²) in [7, 11) is 0. The smallest absolute Gasteiger partial charge is 0.0705 e. The Kier molecular flexibility index (Phi) is 3.76. The van der Waals surface area contributed by atoms with Gasteiger partial charge in [-0.2, -0.15) is 0 Å². The molecule has 1 saturated heterocycles. The highest BCUT2D eigenvalue weighted by Gasteiger charge is 2.09. The minimum atomic E-state index is 0.907. The second kappa shape index (κ2) is 5.68. The molecule has 0 bridgehead atoms. The summed E-state index contributed by atoms with van der Waals surface area (Å²) in [6, 6.07) is 10.8. The van der Waals surface area contributed by atoms with Crippen LogP contribution in [0.2, 0.25) is 0 Å². The summed E-state index contributed by atoms with van der Waals surface area (Å²) in [5.41, 5.74) is 7.01. The van der Waals surface area contributed by atoms with E-state index in [1.165, 1.54) is 43.3 Å². The van der Waals surface area contributed by atoms with Crippen molar-refractivity contribution < 1.29 is 0 Å². The number of benzene rings is 1. The number of hydrogen-bond acceptors (Lipinski definition) is 3. The number of hydrogen-bond donors (Lipinski definition) is 1. The number of hydrazine groups is 1. The van der Waals surface area contributed by atoms with Crippen molar-refractivity contribution in [3.05, 3.63) is 41.6 Å². The molecule has 0 spiro atoms. The van der Waals surface area contributed by atoms with Crippen molar-refractivity contribution in [3.8, 4) is 0 Å². The van der Waals surface area contributed by atoms with Crippen LogP contribution in [0.3, 0.4) is 0 Å². The second-order valence-electron chi connectivity index (χ2n) is 5.36. The van der Waals surface area contributed by atoms with Gasteiger partial charge in [-0.05, 0) is 43.5 Å². The molecule has 1 aromatic carbocycles. The lowest BCUT2D eigenvalue weighted by Gasteiger charge is -2.27. The van der Waals surface area contributed by atoms with Gasteiger partial charge < -0.3 is 0 Å². The van der Waals surface area contributed by atoms with Gasteiger partial charge >= 0.3 is 0 Å². The maximum Gasteiger partial charge on any atom is 0.0705 e. The van der Waals surface area contributed by atoms with E-state index in [2.05, 4.69) is 45.8 Å². The minimum Gasteiger partial charge on any atom is -0.253 e. The molecule has 2 heterocycles. The van der Waals surface area contributed by atoms with E-state index >= 15 is 0 Å². The molecule has 1 aromatic heterocycles. The Hall–Kier alpha value is -1.45. The van der Waals surface area contributed by atoms with Gasteiger partial charge in [0.2, 0.25) is 0 Å². The van der Waals surface area contributed by atoms with E-state index in [0.717, 1.165) is 17.8 Å². The molecule has 0 saturated carbocycles. The quantitative estimate of drug-likeness (QED) is 0.913. The van der Waals surface area contributed by atoms with E-state index in [1.807, 2.05) is 6.92 Å². The van der Waals surface area contributed by atoms with Crippen molar-refractivity contribution in [3.63, 3.8) is 0 Å². The summed E-state index contributed by atoms with van der Waals surface area (Å²) < 4.78 is 0. The average Bonchev–Trinajstić information content (AvgIpc) is 2.46. The predicted molar refractivity (Wildman–Crippen MR) is 78.7 cm³/mol. The number of aryl methyl sites for hydroxylation is 1. The summed E-state index contributed by atoms with van der Waals surface area (Å²) in [5, 5.41) is 3.57. The monoisotopic (exact) mass is 255 g/mol. The molecule has 3 heteroatoms. The molecule has 1 aliphatic rings. The van der Waals surface area contributed by atoms with Crippen molar-refractivity contribution in [2.24, 2.45) is 0 Å². The highest BCUT2D eigenvalue weighted by molar-refractivity contribution is 5.79. The second-order valence-corrected chi connectivity index (χ2v) is 5.36. The van der Waals surface area contributed by atoms with Crippen LogP contribution in [0, 0.1) is 6.92 Å². The lowest BCUT2D eigenvalue weighted by atomic mass is 10.1. The molecule has 19 heavy (non-hydrogen) atoms. The van der Waals surface area contributed by atoms with Crippen molar-refractivity contribution in [2.45, 2.75) is 32.7 Å². The zero-order valence-electron chi connectivity index (χ0n) is 11.5. The molecular formula is C16H21N3. The van der Waals surface area contributed by atoms with Crippen LogP contribution in [0.25, 0.3) is 10.9 Å². The molecular weight excluding hydrogens is 234 g/mol. The largest absolute Gasteiger partial charge is 0.253 e. The van der Waals surface area contributed by atoms with Gasteiger partial charge in [0.25, 0.3) is 0 Å². The number of piperidine rings is 1. The number of rotatable bonds is 3. The molecule has 0 unspecified atom stereocenters. The van der Waals surface area contributed by atoms with Crippen molar-refractivity contribution >= 4 is 10.9 Å². The lowest BCUT2D eigenvalue weighted by Crippen LogP contribution is -2.41. The van der Waals surface area contributed by atoms with Crippen LogP contribution in [0.1, 0.15) is 30.5 Å². The summed E-state index contributed by atoms with van der Waals surface area (Å²) in [5.74, 6) is 0. The van der Waals surface area contributed by atoms with Gasteiger partial charge in [-0.3, -0.25) is 10.4 Å². The van der Waals surface area contributed by atoms with Crippen molar-refractivity contribution in [1.82, 2.24) is 15.4 Å². The van der Waals surface area contributed by atoms with Crippen LogP contribution in [0.15, 0.2) is 30.3 Å². The predicted octanol–water partition coefficient (Wildman–Crippen LogP) is 3.03. The van der Waals surface area contributed by atoms with Gasteiger partial charge in [0, 0.05) is 30.7 Å². The average molecular weight is 255 g/mol. The van der Waals surface area contributed by atoms with Crippen molar-refractivity contribution in [2.75, 3.05) is 13.1 Å². The Balaban J connectivity index is 1.69. The summed E-state index contributed by atoms with van der Waals surface area (Å²) in [4.78, 5) is 4.54. The van der Waals surface area contributed by atoms with Crippen molar-refractivity contribution in [1.29, 1.82) is 0 Å². The topological polar surface area (TPSA) is 28.2 Å². The number of fused-ring (bicyclic) bond motifs is 1. The van der Waals surface area contributed by atoms with Crippen LogP contribution in [0.4, 0.5) is 0 Å². The zero-order valence-corrected chi connectivity index (χ0v) is 11.5. The first-order chi connectivity index (χ1) is 9.31. The third kappa shape index (κ3) is 3.11. The molecule has 1 fully saturated rings. The van der Waals surface area contributed by atoms with Gasteiger partial charge in [-0.1, -0.05) is 18.6 Å². The lowest BCUT2D eigenvalue weighted by molar-refractivity contribution is 0.151. The Morgan fingerprint density at radius 2 is 1.95 bits per heavy atom. The number of nitrogens with zero attached hydrogens (tertiary/aromatic N) is 2. The molecule has 0 atom stereocenters. The molecule has 3 rings (SSSR count). The Bertz CT molecular complexity index is 559. The maximum absolute atomic E-state index is 4.54. The number of pyridine rings is 1. The Morgan fingerprint density at radius 3 is 2.79 bits per heavy atom. The van der Waals surface area contributed by atoms with Crippen LogP contribution in [-0.2, 0) is 6.54 Å². The summed E-state index contributed by atoms with van der Waals surface area (Å²) in [6.07, 6.45) is 4.00. The van der Waals surface area contributed by atoms with Gasteiger partial charge in [0.15, 0.2) is 0 Å². The molecule has 100 valence electrons. The van der Waals surface area contributed by atoms with E-state index in [9.17, 15) is 0 Å². The first-order valence-electron chi connectivity index (χ1n) is 7.16. The first kappa shape index (κ1) is 12.6. The molecule has 1 N–H and O–H groups in total. The number of nitrogens with one attached hydrogen (secondary N) is 1. The van der Waals surface area contributed by atoms with E-state index in [1.54, 1.807) is 0 Å². The summed E-state index contributed by atoms with van der Waals surface area (Å²) in [6.45, 7) is 5.29. The Morgan fingerprint density at radius 1 is 1.11 bits per heavy atom. The van der Waals surface area contributed by atoms with E-state index in [-0.39, 0.29) is 0 Å². The normalized spacial score (nSPS) is 16.9. The van der Waals surface area contributed by atoms with Gasteiger partial charge in [-0.15, -0.1) is 0 Å². The van der Waals surface area contributed by atoms with Gasteiger partial charge in [0.1, 0.15) is 0 Å². The van der Waals surface area contributed by atoms with Crippen LogP contribution in [0.5, 0.6) is 0 Å². The van der Waals surface area contributed by atoms with Gasteiger partial charge in [-0.25, -0.2) is 5.01 Å². The van der Waals surface area contributed by atoms with Gasteiger partial charge in [0.05, 0.1) is 5.52 Å². The van der Waals surface area contributed by atoms with E-state index in [4.69, 9.17) is 0 Å².